The molecule has 1 aliphatic heterocycles. The quantitative estimate of drug-likeness (QED) is 0.718. The molecule has 0 aromatic heterocycles. The summed E-state index contributed by atoms with van der Waals surface area (Å²) in [5.74, 6) is 0. The van der Waals surface area contributed by atoms with E-state index < -0.39 is 0 Å². The molecule has 1 saturated heterocycles. The summed E-state index contributed by atoms with van der Waals surface area (Å²) >= 11 is 0. The summed E-state index contributed by atoms with van der Waals surface area (Å²) in [5, 5.41) is 2.78. The van der Waals surface area contributed by atoms with Crippen LogP contribution in [0.5, 0.6) is 0 Å². The van der Waals surface area contributed by atoms with Crippen LogP contribution >= 0.6 is 0 Å². The average molecular weight is 205 g/mol. The Morgan fingerprint density at radius 3 is 2.87 bits per heavy atom. The standard InChI is InChI=1S/C11H15N3O/c12-10-4-2-1-3-9(10)5-7-14-8-6-13-11(14)15/h1-4H,5-8,12H2,(H,13,15). The first-order valence-electron chi connectivity index (χ1n) is 5.13. The van der Waals surface area contributed by atoms with Crippen molar-refractivity contribution in [3.05, 3.63) is 29.8 Å². The van der Waals surface area contributed by atoms with E-state index in [1.165, 1.54) is 0 Å². The largest absolute Gasteiger partial charge is 0.399 e. The molecular weight excluding hydrogens is 190 g/mol. The predicted molar refractivity (Wildman–Crippen MR) is 59.5 cm³/mol. The third-order valence-electron chi connectivity index (χ3n) is 2.65. The Balaban J connectivity index is 1.93. The fourth-order valence-electron chi connectivity index (χ4n) is 1.74. The van der Waals surface area contributed by atoms with Crippen molar-refractivity contribution in [3.8, 4) is 0 Å². The lowest BCUT2D eigenvalue weighted by Gasteiger charge is -2.14. The van der Waals surface area contributed by atoms with Gasteiger partial charge < -0.3 is 16.0 Å². The number of carbonyl (C=O) groups is 1. The van der Waals surface area contributed by atoms with E-state index in [1.807, 2.05) is 29.2 Å². The van der Waals surface area contributed by atoms with Gasteiger partial charge in [-0.25, -0.2) is 4.79 Å². The minimum absolute atomic E-state index is 0.0319. The minimum atomic E-state index is 0.0319. The Morgan fingerprint density at radius 1 is 1.40 bits per heavy atom. The highest BCUT2D eigenvalue weighted by molar-refractivity contribution is 5.76. The molecule has 0 aliphatic carbocycles. The van der Waals surface area contributed by atoms with Crippen LogP contribution in [0.3, 0.4) is 0 Å². The summed E-state index contributed by atoms with van der Waals surface area (Å²) < 4.78 is 0. The van der Waals surface area contributed by atoms with Crippen molar-refractivity contribution in [2.45, 2.75) is 6.42 Å². The molecule has 4 heteroatoms. The van der Waals surface area contributed by atoms with Crippen molar-refractivity contribution < 1.29 is 4.79 Å². The van der Waals surface area contributed by atoms with E-state index in [0.29, 0.717) is 0 Å². The fraction of sp³-hybridized carbons (Fsp3) is 0.364. The Morgan fingerprint density at radius 2 is 2.20 bits per heavy atom. The van der Waals surface area contributed by atoms with Crippen molar-refractivity contribution >= 4 is 11.7 Å². The van der Waals surface area contributed by atoms with Crippen LogP contribution < -0.4 is 11.1 Å². The topological polar surface area (TPSA) is 58.4 Å². The first-order valence-corrected chi connectivity index (χ1v) is 5.13. The van der Waals surface area contributed by atoms with E-state index >= 15 is 0 Å². The second kappa shape index (κ2) is 4.21. The summed E-state index contributed by atoms with van der Waals surface area (Å²) in [7, 11) is 0. The van der Waals surface area contributed by atoms with E-state index in [-0.39, 0.29) is 6.03 Å². The zero-order chi connectivity index (χ0) is 10.7. The Bertz CT molecular complexity index is 365. The maximum absolute atomic E-state index is 11.3. The lowest BCUT2D eigenvalue weighted by atomic mass is 10.1. The van der Waals surface area contributed by atoms with Gasteiger partial charge in [0, 0.05) is 25.3 Å². The first kappa shape index (κ1) is 9.83. The molecule has 0 saturated carbocycles. The van der Waals surface area contributed by atoms with Gasteiger partial charge in [-0.15, -0.1) is 0 Å². The number of urea groups is 1. The molecule has 0 unspecified atom stereocenters. The zero-order valence-corrected chi connectivity index (χ0v) is 8.57. The molecule has 1 heterocycles. The molecule has 4 nitrogen and oxygen atoms in total. The molecule has 1 fully saturated rings. The van der Waals surface area contributed by atoms with Crippen LogP contribution in [0, 0.1) is 0 Å². The molecular formula is C11H15N3O. The smallest absolute Gasteiger partial charge is 0.317 e. The number of anilines is 1. The van der Waals surface area contributed by atoms with Crippen LogP contribution in [0.4, 0.5) is 10.5 Å². The SMILES string of the molecule is Nc1ccccc1CCN1CCNC1=O. The van der Waals surface area contributed by atoms with Gasteiger partial charge >= 0.3 is 6.03 Å². The van der Waals surface area contributed by atoms with Gasteiger partial charge in [0.2, 0.25) is 0 Å². The monoisotopic (exact) mass is 205 g/mol. The highest BCUT2D eigenvalue weighted by Gasteiger charge is 2.18. The Hall–Kier alpha value is -1.71. The zero-order valence-electron chi connectivity index (χ0n) is 8.57. The van der Waals surface area contributed by atoms with E-state index in [1.54, 1.807) is 0 Å². The lowest BCUT2D eigenvalue weighted by Crippen LogP contribution is -2.30. The molecule has 0 bridgehead atoms. The molecule has 80 valence electrons. The maximum Gasteiger partial charge on any atom is 0.317 e. The summed E-state index contributed by atoms with van der Waals surface area (Å²) in [6.07, 6.45) is 0.820. The van der Waals surface area contributed by atoms with E-state index in [2.05, 4.69) is 5.32 Å². The van der Waals surface area contributed by atoms with Crippen LogP contribution in [0.15, 0.2) is 24.3 Å². The molecule has 0 atom stereocenters. The molecule has 0 spiro atoms. The first-order chi connectivity index (χ1) is 7.27. The number of benzene rings is 1. The number of nitrogens with zero attached hydrogens (tertiary/aromatic N) is 1. The number of nitrogen functional groups attached to an aromatic ring is 1. The van der Waals surface area contributed by atoms with E-state index in [4.69, 9.17) is 5.73 Å². The van der Waals surface area contributed by atoms with Crippen LogP contribution in [0.25, 0.3) is 0 Å². The lowest BCUT2D eigenvalue weighted by molar-refractivity contribution is 0.218. The number of nitrogens with one attached hydrogen (secondary N) is 1. The van der Waals surface area contributed by atoms with Gasteiger partial charge in [-0.1, -0.05) is 18.2 Å². The maximum atomic E-state index is 11.3. The van der Waals surface area contributed by atoms with E-state index in [9.17, 15) is 4.79 Å². The summed E-state index contributed by atoms with van der Waals surface area (Å²) in [6, 6.07) is 7.81. The highest BCUT2D eigenvalue weighted by Crippen LogP contribution is 2.12. The number of nitrogens with two attached hydrogens (primary N) is 1. The van der Waals surface area contributed by atoms with Crippen molar-refractivity contribution in [1.29, 1.82) is 0 Å². The van der Waals surface area contributed by atoms with E-state index in [0.717, 1.165) is 37.3 Å². The van der Waals surface area contributed by atoms with Crippen LogP contribution in [-0.2, 0) is 6.42 Å². The van der Waals surface area contributed by atoms with Crippen molar-refractivity contribution in [2.24, 2.45) is 0 Å². The number of carbonyl (C=O) groups excluding carboxylic acids is 1. The number of amides is 2. The fourth-order valence-corrected chi connectivity index (χ4v) is 1.74. The Kier molecular flexibility index (Phi) is 2.76. The van der Waals surface area contributed by atoms with Crippen molar-refractivity contribution in [2.75, 3.05) is 25.4 Å². The average Bonchev–Trinajstić information content (AvgIpc) is 2.63. The van der Waals surface area contributed by atoms with Crippen LogP contribution in [0.2, 0.25) is 0 Å². The minimum Gasteiger partial charge on any atom is -0.399 e. The second-order valence-electron chi connectivity index (χ2n) is 3.67. The van der Waals surface area contributed by atoms with Crippen molar-refractivity contribution in [3.63, 3.8) is 0 Å². The molecule has 1 aromatic rings. The molecule has 2 amide bonds. The molecule has 15 heavy (non-hydrogen) atoms. The van der Waals surface area contributed by atoms with Crippen LogP contribution in [0.1, 0.15) is 5.56 Å². The normalized spacial score (nSPS) is 15.5. The summed E-state index contributed by atoms with van der Waals surface area (Å²) in [4.78, 5) is 13.1. The second-order valence-corrected chi connectivity index (χ2v) is 3.67. The number of hydrogen-bond acceptors (Lipinski definition) is 2. The summed E-state index contributed by atoms with van der Waals surface area (Å²) in [5.41, 5.74) is 7.73. The molecule has 3 N–H and O–H groups in total. The van der Waals surface area contributed by atoms with Crippen LogP contribution in [-0.4, -0.2) is 30.6 Å². The van der Waals surface area contributed by atoms with Gasteiger partial charge in [0.25, 0.3) is 0 Å². The molecule has 0 radical (unpaired) electrons. The number of hydrogen-bond donors (Lipinski definition) is 2. The number of para-hydroxylation sites is 1. The van der Waals surface area contributed by atoms with Gasteiger partial charge in [-0.05, 0) is 18.1 Å². The third-order valence-corrected chi connectivity index (χ3v) is 2.65. The van der Waals surface area contributed by atoms with Gasteiger partial charge in [-0.3, -0.25) is 0 Å². The summed E-state index contributed by atoms with van der Waals surface area (Å²) in [6.45, 7) is 2.29. The third kappa shape index (κ3) is 2.21. The number of rotatable bonds is 3. The van der Waals surface area contributed by atoms with Crippen molar-refractivity contribution in [1.82, 2.24) is 10.2 Å². The van der Waals surface area contributed by atoms with Gasteiger partial charge in [-0.2, -0.15) is 0 Å². The van der Waals surface area contributed by atoms with Gasteiger partial charge in [0.1, 0.15) is 0 Å². The molecule has 1 aromatic carbocycles. The predicted octanol–water partition coefficient (Wildman–Crippen LogP) is 0.837. The van der Waals surface area contributed by atoms with Gasteiger partial charge in [0.05, 0.1) is 0 Å². The van der Waals surface area contributed by atoms with Gasteiger partial charge in [0.15, 0.2) is 0 Å². The Labute approximate surface area is 89.1 Å². The molecule has 2 rings (SSSR count). The highest BCUT2D eigenvalue weighted by atomic mass is 16.2. The molecule has 1 aliphatic rings.